The molecule has 0 saturated heterocycles. The van der Waals surface area contributed by atoms with E-state index in [9.17, 15) is 0 Å². The minimum atomic E-state index is -0.539. The van der Waals surface area contributed by atoms with Gasteiger partial charge in [-0.1, -0.05) is 118 Å². The van der Waals surface area contributed by atoms with Gasteiger partial charge in [0.25, 0.3) is 0 Å². The second-order valence-corrected chi connectivity index (χ2v) is 10.7. The SMILES string of the molecule is CCCCCCCCCCC(CNCC)(C(CCC)CCCCCCC)C(C)(OCC)OCC. The van der Waals surface area contributed by atoms with Crippen molar-refractivity contribution in [3.63, 3.8) is 0 Å². The van der Waals surface area contributed by atoms with Crippen LogP contribution in [0.4, 0.5) is 0 Å². The molecular formula is C31H65NO2. The molecule has 0 fully saturated rings. The van der Waals surface area contributed by atoms with Crippen LogP contribution in [0.5, 0.6) is 0 Å². The molecule has 3 heteroatoms. The van der Waals surface area contributed by atoms with Crippen LogP contribution in [0.2, 0.25) is 0 Å². The van der Waals surface area contributed by atoms with Crippen LogP contribution < -0.4 is 5.32 Å². The molecule has 0 aromatic carbocycles. The van der Waals surface area contributed by atoms with Crippen molar-refractivity contribution in [2.24, 2.45) is 11.3 Å². The molecule has 0 bridgehead atoms. The van der Waals surface area contributed by atoms with Crippen LogP contribution in [0.15, 0.2) is 0 Å². The minimum Gasteiger partial charge on any atom is -0.350 e. The lowest BCUT2D eigenvalue weighted by atomic mass is 9.63. The number of hydrogen-bond acceptors (Lipinski definition) is 3. The van der Waals surface area contributed by atoms with Gasteiger partial charge in [-0.25, -0.2) is 0 Å². The number of hydrogen-bond donors (Lipinski definition) is 1. The summed E-state index contributed by atoms with van der Waals surface area (Å²) in [6, 6.07) is 0. The summed E-state index contributed by atoms with van der Waals surface area (Å²) >= 11 is 0. The second-order valence-electron chi connectivity index (χ2n) is 10.7. The first-order valence-electron chi connectivity index (χ1n) is 15.5. The van der Waals surface area contributed by atoms with E-state index in [0.717, 1.165) is 13.1 Å². The van der Waals surface area contributed by atoms with E-state index in [1.807, 2.05) is 0 Å². The molecule has 0 aliphatic carbocycles. The third kappa shape index (κ3) is 12.7. The fraction of sp³-hybridized carbons (Fsp3) is 1.00. The van der Waals surface area contributed by atoms with E-state index in [1.54, 1.807) is 0 Å². The third-order valence-corrected chi connectivity index (χ3v) is 7.99. The molecule has 3 nitrogen and oxygen atoms in total. The molecule has 2 atom stereocenters. The quantitative estimate of drug-likeness (QED) is 0.0980. The van der Waals surface area contributed by atoms with Crippen LogP contribution in [0.1, 0.15) is 158 Å². The largest absolute Gasteiger partial charge is 0.350 e. The molecule has 0 saturated carbocycles. The molecule has 0 aliphatic heterocycles. The van der Waals surface area contributed by atoms with Crippen LogP contribution in [0.3, 0.4) is 0 Å². The zero-order chi connectivity index (χ0) is 25.5. The first-order valence-corrected chi connectivity index (χ1v) is 15.5. The fourth-order valence-corrected chi connectivity index (χ4v) is 6.04. The van der Waals surface area contributed by atoms with Crippen molar-refractivity contribution >= 4 is 0 Å². The zero-order valence-electron chi connectivity index (χ0n) is 24.7. The lowest BCUT2D eigenvalue weighted by Gasteiger charge is -2.53. The summed E-state index contributed by atoms with van der Waals surface area (Å²) < 4.78 is 13.1. The second kappa shape index (κ2) is 22.1. The van der Waals surface area contributed by atoms with Gasteiger partial charge < -0.3 is 14.8 Å². The van der Waals surface area contributed by atoms with Crippen LogP contribution in [-0.4, -0.2) is 32.1 Å². The molecule has 0 radical (unpaired) electrons. The van der Waals surface area contributed by atoms with Crippen molar-refractivity contribution in [3.05, 3.63) is 0 Å². The lowest BCUT2D eigenvalue weighted by Crippen LogP contribution is -2.59. The van der Waals surface area contributed by atoms with E-state index in [1.165, 1.54) is 109 Å². The Balaban J connectivity index is 5.65. The standard InChI is InChI=1S/C31H65NO2/c1-8-14-16-18-19-20-22-24-27-31(28-32-11-4,30(7,33-12-5)34-13-6)29(25-10-3)26-23-21-17-15-9-2/h29,32H,8-28H2,1-7H3. The molecule has 2 unspecified atom stereocenters. The topological polar surface area (TPSA) is 30.5 Å². The van der Waals surface area contributed by atoms with Gasteiger partial charge in [0.2, 0.25) is 0 Å². The van der Waals surface area contributed by atoms with Gasteiger partial charge in [-0.2, -0.15) is 0 Å². The first-order chi connectivity index (χ1) is 16.5. The average molecular weight is 484 g/mol. The molecule has 34 heavy (non-hydrogen) atoms. The predicted octanol–water partition coefficient (Wildman–Crippen LogP) is 9.68. The van der Waals surface area contributed by atoms with Gasteiger partial charge in [0.15, 0.2) is 5.79 Å². The van der Waals surface area contributed by atoms with Gasteiger partial charge in [0, 0.05) is 25.2 Å². The zero-order valence-corrected chi connectivity index (χ0v) is 24.7. The van der Waals surface area contributed by atoms with Gasteiger partial charge in [-0.05, 0) is 52.5 Å². The molecule has 206 valence electrons. The Hall–Kier alpha value is -0.120. The van der Waals surface area contributed by atoms with Gasteiger partial charge >= 0.3 is 0 Å². The molecular weight excluding hydrogens is 418 g/mol. The van der Waals surface area contributed by atoms with Crippen molar-refractivity contribution in [2.75, 3.05) is 26.3 Å². The highest BCUT2D eigenvalue weighted by Gasteiger charge is 2.53. The van der Waals surface area contributed by atoms with E-state index in [4.69, 9.17) is 9.47 Å². The van der Waals surface area contributed by atoms with E-state index in [0.29, 0.717) is 19.1 Å². The van der Waals surface area contributed by atoms with Crippen molar-refractivity contribution in [1.29, 1.82) is 0 Å². The Kier molecular flexibility index (Phi) is 22.0. The third-order valence-electron chi connectivity index (χ3n) is 7.99. The fourth-order valence-electron chi connectivity index (χ4n) is 6.04. The van der Waals surface area contributed by atoms with Crippen LogP contribution in [0.25, 0.3) is 0 Å². The predicted molar refractivity (Wildman–Crippen MR) is 152 cm³/mol. The highest BCUT2D eigenvalue weighted by atomic mass is 16.7. The Bertz CT molecular complexity index is 422. The van der Waals surface area contributed by atoms with Crippen LogP contribution in [-0.2, 0) is 9.47 Å². The Morgan fingerprint density at radius 3 is 1.56 bits per heavy atom. The molecule has 0 aromatic rings. The summed E-state index contributed by atoms with van der Waals surface area (Å²) in [4.78, 5) is 0. The molecule has 0 amide bonds. The number of unbranched alkanes of at least 4 members (excludes halogenated alkanes) is 11. The maximum absolute atomic E-state index is 6.56. The lowest BCUT2D eigenvalue weighted by molar-refractivity contribution is -0.302. The maximum Gasteiger partial charge on any atom is 0.172 e. The summed E-state index contributed by atoms with van der Waals surface area (Å²) in [6.45, 7) is 19.1. The van der Waals surface area contributed by atoms with Gasteiger partial charge in [-0.3, -0.25) is 0 Å². The molecule has 0 spiro atoms. The number of ether oxygens (including phenoxy) is 2. The highest BCUT2D eigenvalue weighted by Crippen LogP contribution is 2.50. The summed E-state index contributed by atoms with van der Waals surface area (Å²) in [5.41, 5.74) is 0.0119. The van der Waals surface area contributed by atoms with Crippen molar-refractivity contribution < 1.29 is 9.47 Å². The van der Waals surface area contributed by atoms with Crippen molar-refractivity contribution in [3.8, 4) is 0 Å². The smallest absolute Gasteiger partial charge is 0.172 e. The number of rotatable bonds is 26. The van der Waals surface area contributed by atoms with Gasteiger partial charge in [-0.15, -0.1) is 0 Å². The summed E-state index contributed by atoms with van der Waals surface area (Å²) in [7, 11) is 0. The Morgan fingerprint density at radius 1 is 0.588 bits per heavy atom. The van der Waals surface area contributed by atoms with E-state index >= 15 is 0 Å². The van der Waals surface area contributed by atoms with Gasteiger partial charge in [0.1, 0.15) is 0 Å². The molecule has 0 aromatic heterocycles. The van der Waals surface area contributed by atoms with E-state index in [-0.39, 0.29) is 5.41 Å². The molecule has 0 heterocycles. The Labute approximate surface area is 215 Å². The van der Waals surface area contributed by atoms with Crippen molar-refractivity contribution in [2.45, 2.75) is 163 Å². The summed E-state index contributed by atoms with van der Waals surface area (Å²) in [5, 5.41) is 3.78. The van der Waals surface area contributed by atoms with Gasteiger partial charge in [0.05, 0.1) is 0 Å². The summed E-state index contributed by atoms with van der Waals surface area (Å²) in [5.74, 6) is 0.0918. The molecule has 0 rings (SSSR count). The Morgan fingerprint density at radius 2 is 1.09 bits per heavy atom. The molecule has 0 aliphatic rings. The maximum atomic E-state index is 6.56. The number of nitrogens with one attached hydrogen (secondary N) is 1. The monoisotopic (exact) mass is 484 g/mol. The van der Waals surface area contributed by atoms with Crippen molar-refractivity contribution in [1.82, 2.24) is 5.32 Å². The molecule has 1 N–H and O–H groups in total. The summed E-state index contributed by atoms with van der Waals surface area (Å²) in [6.07, 6.45) is 22.7. The normalized spacial score (nSPS) is 14.9. The minimum absolute atomic E-state index is 0.0119. The highest BCUT2D eigenvalue weighted by molar-refractivity contribution is 4.98. The van der Waals surface area contributed by atoms with E-state index < -0.39 is 5.79 Å². The van der Waals surface area contributed by atoms with Crippen LogP contribution in [0, 0.1) is 11.3 Å². The first kappa shape index (κ1) is 33.9. The van der Waals surface area contributed by atoms with E-state index in [2.05, 4.69) is 53.8 Å². The van der Waals surface area contributed by atoms with Crippen LogP contribution >= 0.6 is 0 Å². The average Bonchev–Trinajstić information content (AvgIpc) is 2.82.